The van der Waals surface area contributed by atoms with Gasteiger partial charge in [0.15, 0.2) is 17.3 Å². The molecule has 1 fully saturated rings. The van der Waals surface area contributed by atoms with Crippen molar-refractivity contribution in [2.24, 2.45) is 11.8 Å². The number of nitriles is 1. The normalized spacial score (nSPS) is 15.2. The molecule has 1 N–H and O–H groups in total. The number of hydrogen-bond acceptors (Lipinski definition) is 7. The summed E-state index contributed by atoms with van der Waals surface area (Å²) >= 11 is 0. The van der Waals surface area contributed by atoms with Gasteiger partial charge in [-0.3, -0.25) is 9.59 Å². The lowest BCUT2D eigenvalue weighted by atomic mass is 9.86. The predicted octanol–water partition coefficient (Wildman–Crippen LogP) is 3.79. The molecule has 1 aliphatic heterocycles. The molecule has 1 unspecified atom stereocenters. The molecule has 1 aliphatic rings. The van der Waals surface area contributed by atoms with Crippen molar-refractivity contribution in [3.05, 3.63) is 48.5 Å². The van der Waals surface area contributed by atoms with E-state index in [2.05, 4.69) is 10.3 Å². The van der Waals surface area contributed by atoms with Crippen LogP contribution in [0.25, 0.3) is 11.1 Å². The summed E-state index contributed by atoms with van der Waals surface area (Å²) < 4.78 is 11.3. The first kappa shape index (κ1) is 21.4. The van der Waals surface area contributed by atoms with Crippen molar-refractivity contribution >= 4 is 34.5 Å². The van der Waals surface area contributed by atoms with E-state index in [-0.39, 0.29) is 11.7 Å². The van der Waals surface area contributed by atoms with E-state index < -0.39 is 11.8 Å². The molecule has 8 heteroatoms. The Bertz CT molecular complexity index is 1130. The van der Waals surface area contributed by atoms with Crippen LogP contribution in [0, 0.1) is 23.2 Å². The molecule has 0 spiro atoms. The van der Waals surface area contributed by atoms with Crippen LogP contribution < -0.4 is 15.0 Å². The first-order valence-electron chi connectivity index (χ1n) is 10.7. The number of fused-ring (bicyclic) bond motifs is 1. The van der Waals surface area contributed by atoms with Gasteiger partial charge in [0.1, 0.15) is 11.3 Å². The summed E-state index contributed by atoms with van der Waals surface area (Å²) in [6.45, 7) is 3.41. The lowest BCUT2D eigenvalue weighted by Gasteiger charge is -2.30. The molecule has 1 aromatic heterocycles. The Hall–Kier alpha value is -3.86. The average Bonchev–Trinajstić information content (AvgIpc) is 3.25. The maximum atomic E-state index is 13.0. The monoisotopic (exact) mass is 432 g/mol. The number of hydrogen-bond donors (Lipinski definition) is 1. The van der Waals surface area contributed by atoms with E-state index >= 15 is 0 Å². The second-order valence-corrected chi connectivity index (χ2v) is 7.61. The summed E-state index contributed by atoms with van der Waals surface area (Å²) in [7, 11) is 0. The summed E-state index contributed by atoms with van der Waals surface area (Å²) in [6, 6.07) is 16.9. The molecule has 164 valence electrons. The fourth-order valence-electron chi connectivity index (χ4n) is 3.89. The van der Waals surface area contributed by atoms with Crippen LogP contribution in [-0.2, 0) is 9.59 Å². The van der Waals surface area contributed by atoms with Gasteiger partial charge in [0.2, 0.25) is 5.91 Å². The number of nitrogens with zero attached hydrogens (tertiary/aromatic N) is 3. The highest BCUT2D eigenvalue weighted by molar-refractivity contribution is 6.10. The minimum Gasteiger partial charge on any atom is -0.492 e. The number of Topliss-reactive ketones (excluding diaryl/α,β-unsaturated/α-hetero) is 1. The third-order valence-corrected chi connectivity index (χ3v) is 5.57. The van der Waals surface area contributed by atoms with E-state index in [1.807, 2.05) is 42.2 Å². The number of carbonyl (C=O) groups is 2. The average molecular weight is 432 g/mol. The summed E-state index contributed by atoms with van der Waals surface area (Å²) in [5, 5.41) is 12.2. The Morgan fingerprint density at radius 3 is 2.66 bits per heavy atom. The van der Waals surface area contributed by atoms with Gasteiger partial charge in [0.25, 0.3) is 6.01 Å². The number of aromatic nitrogens is 1. The Morgan fingerprint density at radius 1 is 1.22 bits per heavy atom. The van der Waals surface area contributed by atoms with Gasteiger partial charge in [-0.05, 0) is 44.0 Å². The molecule has 32 heavy (non-hydrogen) atoms. The standard InChI is InChI=1S/C24H24N4O4/c1-2-31-20-9-5-3-7-18(20)26-23(30)17(15-25)22(29)16-11-13-28(14-12-16)24-27-19-8-4-6-10-21(19)32-24/h3-10,16-17H,2,11-14H2,1H3,(H,26,30). The molecule has 1 amide bonds. The minimum atomic E-state index is -1.37. The maximum Gasteiger partial charge on any atom is 0.298 e. The zero-order valence-electron chi connectivity index (χ0n) is 17.8. The van der Waals surface area contributed by atoms with E-state index in [9.17, 15) is 14.9 Å². The first-order valence-corrected chi connectivity index (χ1v) is 10.7. The molecule has 1 atom stereocenters. The number of para-hydroxylation sites is 4. The number of ketones is 1. The second kappa shape index (κ2) is 9.52. The third kappa shape index (κ3) is 4.42. The number of piperidine rings is 1. The Kier molecular flexibility index (Phi) is 6.36. The van der Waals surface area contributed by atoms with Crippen molar-refractivity contribution in [3.63, 3.8) is 0 Å². The number of benzene rings is 2. The van der Waals surface area contributed by atoms with Gasteiger partial charge in [-0.15, -0.1) is 0 Å². The molecule has 2 aromatic carbocycles. The number of ether oxygens (including phenoxy) is 1. The van der Waals surface area contributed by atoms with E-state index in [0.717, 1.165) is 5.52 Å². The quantitative estimate of drug-likeness (QED) is 0.566. The largest absolute Gasteiger partial charge is 0.492 e. The molecule has 0 aliphatic carbocycles. The summed E-state index contributed by atoms with van der Waals surface area (Å²) in [4.78, 5) is 32.2. The van der Waals surface area contributed by atoms with Crippen molar-refractivity contribution in [3.8, 4) is 11.8 Å². The highest BCUT2D eigenvalue weighted by atomic mass is 16.5. The molecular formula is C24H24N4O4. The number of rotatable bonds is 7. The van der Waals surface area contributed by atoms with Crippen LogP contribution in [0.5, 0.6) is 5.75 Å². The number of anilines is 2. The van der Waals surface area contributed by atoms with Gasteiger partial charge in [0.05, 0.1) is 18.4 Å². The van der Waals surface area contributed by atoms with Crippen LogP contribution >= 0.6 is 0 Å². The molecule has 4 rings (SSSR count). The van der Waals surface area contributed by atoms with E-state index in [1.54, 1.807) is 24.3 Å². The van der Waals surface area contributed by atoms with E-state index in [1.165, 1.54) is 0 Å². The molecule has 2 heterocycles. The fraction of sp³-hybridized carbons (Fsp3) is 0.333. The number of carbonyl (C=O) groups excluding carboxylic acids is 2. The van der Waals surface area contributed by atoms with Gasteiger partial charge in [-0.1, -0.05) is 24.3 Å². The topological polar surface area (TPSA) is 108 Å². The summed E-state index contributed by atoms with van der Waals surface area (Å²) in [6.07, 6.45) is 1.05. The number of nitrogens with one attached hydrogen (secondary N) is 1. The lowest BCUT2D eigenvalue weighted by molar-refractivity contribution is -0.131. The van der Waals surface area contributed by atoms with Gasteiger partial charge >= 0.3 is 0 Å². The molecule has 1 saturated heterocycles. The fourth-order valence-corrected chi connectivity index (χ4v) is 3.89. The zero-order chi connectivity index (χ0) is 22.5. The van der Waals surface area contributed by atoms with Gasteiger partial charge in [-0.25, -0.2) is 0 Å². The van der Waals surface area contributed by atoms with Gasteiger partial charge in [-0.2, -0.15) is 10.2 Å². The van der Waals surface area contributed by atoms with Gasteiger partial charge in [0, 0.05) is 19.0 Å². The second-order valence-electron chi connectivity index (χ2n) is 7.61. The Labute approximate surface area is 185 Å². The van der Waals surface area contributed by atoms with Crippen molar-refractivity contribution < 1.29 is 18.7 Å². The molecule has 0 bridgehead atoms. The van der Waals surface area contributed by atoms with E-state index in [0.29, 0.717) is 55.6 Å². The molecular weight excluding hydrogens is 408 g/mol. The molecule has 0 radical (unpaired) electrons. The minimum absolute atomic E-state index is 0.351. The zero-order valence-corrected chi connectivity index (χ0v) is 17.8. The highest BCUT2D eigenvalue weighted by Gasteiger charge is 2.35. The van der Waals surface area contributed by atoms with Crippen molar-refractivity contribution in [2.75, 3.05) is 29.9 Å². The smallest absolute Gasteiger partial charge is 0.298 e. The molecule has 0 saturated carbocycles. The molecule has 3 aromatic rings. The highest BCUT2D eigenvalue weighted by Crippen LogP contribution is 2.29. The summed E-state index contributed by atoms with van der Waals surface area (Å²) in [5.41, 5.74) is 1.95. The van der Waals surface area contributed by atoms with Crippen molar-refractivity contribution in [2.45, 2.75) is 19.8 Å². The lowest BCUT2D eigenvalue weighted by Crippen LogP contribution is -2.40. The van der Waals surface area contributed by atoms with Crippen LogP contribution in [0.1, 0.15) is 19.8 Å². The van der Waals surface area contributed by atoms with E-state index in [4.69, 9.17) is 9.15 Å². The van der Waals surface area contributed by atoms with Gasteiger partial charge < -0.3 is 19.4 Å². The van der Waals surface area contributed by atoms with Crippen LogP contribution in [0.4, 0.5) is 11.7 Å². The first-order chi connectivity index (χ1) is 15.6. The Balaban J connectivity index is 1.39. The van der Waals surface area contributed by atoms with Crippen LogP contribution in [0.2, 0.25) is 0 Å². The number of amides is 1. The SMILES string of the molecule is CCOc1ccccc1NC(=O)C(C#N)C(=O)C1CCN(c2nc3ccccc3o2)CC1. The summed E-state index contributed by atoms with van der Waals surface area (Å²) in [5.74, 6) is -2.22. The van der Waals surface area contributed by atoms with Crippen molar-refractivity contribution in [1.29, 1.82) is 5.26 Å². The Morgan fingerprint density at radius 2 is 1.94 bits per heavy atom. The van der Waals surface area contributed by atoms with Crippen molar-refractivity contribution in [1.82, 2.24) is 4.98 Å². The number of oxazole rings is 1. The van der Waals surface area contributed by atoms with Crippen LogP contribution in [0.3, 0.4) is 0 Å². The third-order valence-electron chi connectivity index (χ3n) is 5.57. The molecule has 8 nitrogen and oxygen atoms in total. The van der Waals surface area contributed by atoms with Crippen LogP contribution in [0.15, 0.2) is 52.9 Å². The maximum absolute atomic E-state index is 13.0. The predicted molar refractivity (Wildman–Crippen MR) is 119 cm³/mol. The van der Waals surface area contributed by atoms with Crippen LogP contribution in [-0.4, -0.2) is 36.4 Å².